The molecule has 2 aromatic carbocycles. The van der Waals surface area contributed by atoms with Crippen molar-refractivity contribution in [3.63, 3.8) is 0 Å². The Bertz CT molecular complexity index is 1210. The summed E-state index contributed by atoms with van der Waals surface area (Å²) in [5.74, 6) is 0.445. The normalized spacial score (nSPS) is 12.6. The number of phenols is 1. The van der Waals surface area contributed by atoms with Crippen LogP contribution >= 0.6 is 0 Å². The van der Waals surface area contributed by atoms with Crippen molar-refractivity contribution < 1.29 is 5.11 Å². The van der Waals surface area contributed by atoms with Gasteiger partial charge in [0.15, 0.2) is 0 Å². The first-order valence-corrected chi connectivity index (χ1v) is 8.95. The quantitative estimate of drug-likeness (QED) is 0.485. The smallest absolute Gasteiger partial charge is 0.274 e. The largest absolute Gasteiger partial charge is 0.507 e. The number of nitrogens with two attached hydrogens (primary N) is 1. The highest BCUT2D eigenvalue weighted by molar-refractivity contribution is 6.13. The van der Waals surface area contributed by atoms with Gasteiger partial charge in [0.1, 0.15) is 11.3 Å². The molecule has 4 N–H and O–H groups in total. The second-order valence-electron chi connectivity index (χ2n) is 6.95. The molecule has 5 nitrogen and oxygen atoms in total. The second kappa shape index (κ2) is 6.52. The van der Waals surface area contributed by atoms with E-state index in [9.17, 15) is 9.90 Å². The summed E-state index contributed by atoms with van der Waals surface area (Å²) in [4.78, 5) is 19.6. The van der Waals surface area contributed by atoms with E-state index in [0.717, 1.165) is 27.5 Å². The molecular formula is C22H21N3O2. The van der Waals surface area contributed by atoms with Gasteiger partial charge >= 0.3 is 0 Å². The summed E-state index contributed by atoms with van der Waals surface area (Å²) in [5.41, 5.74) is 10.1. The first kappa shape index (κ1) is 17.2. The third kappa shape index (κ3) is 2.76. The zero-order valence-corrected chi connectivity index (χ0v) is 15.3. The molecule has 0 fully saturated rings. The maximum atomic E-state index is 12.4. The number of aromatic hydroxyl groups is 1. The van der Waals surface area contributed by atoms with E-state index in [4.69, 9.17) is 5.73 Å². The number of pyridine rings is 2. The van der Waals surface area contributed by atoms with E-state index in [1.54, 1.807) is 18.3 Å². The van der Waals surface area contributed by atoms with Crippen LogP contribution in [-0.2, 0) is 0 Å². The number of nitrogens with one attached hydrogen (secondary N) is 1. The summed E-state index contributed by atoms with van der Waals surface area (Å²) in [6, 6.07) is 13.4. The summed E-state index contributed by atoms with van der Waals surface area (Å²) in [5, 5.41) is 12.3. The summed E-state index contributed by atoms with van der Waals surface area (Å²) in [6.07, 6.45) is 1.60. The Balaban J connectivity index is 2.09. The van der Waals surface area contributed by atoms with Crippen molar-refractivity contribution in [2.75, 3.05) is 6.54 Å². The molecule has 0 aliphatic carbocycles. The number of nitrogens with zero attached hydrogens (tertiary/aromatic N) is 1. The summed E-state index contributed by atoms with van der Waals surface area (Å²) >= 11 is 0. The fourth-order valence-corrected chi connectivity index (χ4v) is 3.60. The van der Waals surface area contributed by atoms with Crippen LogP contribution in [0, 0.1) is 6.92 Å². The molecule has 0 bridgehead atoms. The molecule has 0 aliphatic heterocycles. The molecule has 136 valence electrons. The topological polar surface area (TPSA) is 92.0 Å². The first-order valence-electron chi connectivity index (χ1n) is 8.95. The molecule has 0 spiro atoms. The molecule has 1 unspecified atom stereocenters. The molecular weight excluding hydrogens is 338 g/mol. The number of H-pyrrole nitrogens is 1. The fraction of sp³-hybridized carbons (Fsp3) is 0.182. The van der Waals surface area contributed by atoms with Crippen LogP contribution in [0.3, 0.4) is 0 Å². The number of hydrogen-bond acceptors (Lipinski definition) is 4. The van der Waals surface area contributed by atoms with Crippen LogP contribution in [0.2, 0.25) is 0 Å². The highest BCUT2D eigenvalue weighted by Crippen LogP contribution is 2.40. The number of aromatic nitrogens is 2. The first-order chi connectivity index (χ1) is 13.0. The fourth-order valence-electron chi connectivity index (χ4n) is 3.60. The highest BCUT2D eigenvalue weighted by atomic mass is 16.3. The van der Waals surface area contributed by atoms with Crippen molar-refractivity contribution in [3.05, 3.63) is 70.1 Å². The lowest BCUT2D eigenvalue weighted by Crippen LogP contribution is -2.09. The minimum Gasteiger partial charge on any atom is -0.507 e. The van der Waals surface area contributed by atoms with E-state index in [-0.39, 0.29) is 17.2 Å². The standard InChI is InChI=1S/C22H21N3O2/c1-12-10-17(26)18(15-7-5-14(6-8-15)13(2)11-23)19-16-4-3-9-24-21(16)22(27)25-20(12)19/h3-10,13,26H,11,23H2,1-2H3,(H,25,27). The average molecular weight is 359 g/mol. The van der Waals surface area contributed by atoms with Gasteiger partial charge in [-0.2, -0.15) is 0 Å². The molecule has 0 radical (unpaired) electrons. The molecule has 2 aromatic heterocycles. The Kier molecular flexibility index (Phi) is 4.16. The molecule has 1 atom stereocenters. The van der Waals surface area contributed by atoms with E-state index in [0.29, 0.717) is 23.1 Å². The lowest BCUT2D eigenvalue weighted by Gasteiger charge is -2.15. The van der Waals surface area contributed by atoms with Gasteiger partial charge in [0.25, 0.3) is 5.56 Å². The Morgan fingerprint density at radius 3 is 2.67 bits per heavy atom. The van der Waals surface area contributed by atoms with Crippen LogP contribution in [-0.4, -0.2) is 21.6 Å². The van der Waals surface area contributed by atoms with E-state index < -0.39 is 0 Å². The van der Waals surface area contributed by atoms with Crippen LogP contribution in [0.4, 0.5) is 0 Å². The number of benzene rings is 2. The molecule has 4 aromatic rings. The monoisotopic (exact) mass is 359 g/mol. The van der Waals surface area contributed by atoms with Gasteiger partial charge in [-0.1, -0.05) is 37.3 Å². The zero-order chi connectivity index (χ0) is 19.1. The van der Waals surface area contributed by atoms with Crippen molar-refractivity contribution in [1.29, 1.82) is 0 Å². The molecule has 0 aliphatic rings. The maximum absolute atomic E-state index is 12.4. The number of hydrogen-bond donors (Lipinski definition) is 3. The summed E-state index contributed by atoms with van der Waals surface area (Å²) in [6.45, 7) is 4.53. The second-order valence-corrected chi connectivity index (χ2v) is 6.95. The minimum atomic E-state index is -0.232. The number of aryl methyl sites for hydroxylation is 1. The van der Waals surface area contributed by atoms with E-state index in [2.05, 4.69) is 16.9 Å². The van der Waals surface area contributed by atoms with E-state index in [1.165, 1.54) is 0 Å². The lowest BCUT2D eigenvalue weighted by atomic mass is 9.92. The summed E-state index contributed by atoms with van der Waals surface area (Å²) < 4.78 is 0. The van der Waals surface area contributed by atoms with E-state index in [1.807, 2.05) is 37.3 Å². The third-order valence-electron chi connectivity index (χ3n) is 5.16. The van der Waals surface area contributed by atoms with Crippen LogP contribution in [0.5, 0.6) is 5.75 Å². The summed E-state index contributed by atoms with van der Waals surface area (Å²) in [7, 11) is 0. The van der Waals surface area contributed by atoms with Crippen molar-refractivity contribution in [1.82, 2.24) is 9.97 Å². The molecule has 2 heterocycles. The van der Waals surface area contributed by atoms with Crippen LogP contribution < -0.4 is 11.3 Å². The third-order valence-corrected chi connectivity index (χ3v) is 5.16. The highest BCUT2D eigenvalue weighted by Gasteiger charge is 2.17. The van der Waals surface area contributed by atoms with E-state index >= 15 is 0 Å². The number of rotatable bonds is 3. The molecule has 4 rings (SSSR count). The predicted molar refractivity (Wildman–Crippen MR) is 109 cm³/mol. The van der Waals surface area contributed by atoms with Gasteiger partial charge in [-0.3, -0.25) is 9.78 Å². The SMILES string of the molecule is Cc1cc(O)c(-c2ccc(C(C)CN)cc2)c2c1[nH]c(=O)c1ncccc12. The lowest BCUT2D eigenvalue weighted by molar-refractivity contribution is 0.477. The maximum Gasteiger partial charge on any atom is 0.274 e. The van der Waals surface area contributed by atoms with Gasteiger partial charge in [-0.05, 0) is 48.2 Å². The van der Waals surface area contributed by atoms with Crippen molar-refractivity contribution in [2.45, 2.75) is 19.8 Å². The van der Waals surface area contributed by atoms with Gasteiger partial charge < -0.3 is 15.8 Å². The Morgan fingerprint density at radius 1 is 1.22 bits per heavy atom. The van der Waals surface area contributed by atoms with Crippen molar-refractivity contribution in [2.24, 2.45) is 5.73 Å². The Morgan fingerprint density at radius 2 is 1.96 bits per heavy atom. The number of fused-ring (bicyclic) bond motifs is 3. The van der Waals surface area contributed by atoms with Gasteiger partial charge in [0.05, 0.1) is 5.52 Å². The van der Waals surface area contributed by atoms with Gasteiger partial charge in [0.2, 0.25) is 0 Å². The van der Waals surface area contributed by atoms with Crippen molar-refractivity contribution in [3.8, 4) is 16.9 Å². The Hall–Kier alpha value is -3.18. The zero-order valence-electron chi connectivity index (χ0n) is 15.3. The van der Waals surface area contributed by atoms with Crippen LogP contribution in [0.25, 0.3) is 32.9 Å². The average Bonchev–Trinajstić information content (AvgIpc) is 2.69. The van der Waals surface area contributed by atoms with Gasteiger partial charge in [-0.25, -0.2) is 0 Å². The van der Waals surface area contributed by atoms with Gasteiger partial charge in [0, 0.05) is 22.5 Å². The molecule has 0 saturated carbocycles. The predicted octanol–water partition coefficient (Wildman–Crippen LogP) is 3.82. The van der Waals surface area contributed by atoms with Crippen molar-refractivity contribution >= 4 is 21.8 Å². The number of aromatic amines is 1. The number of phenolic OH excluding ortho intramolecular Hbond substituents is 1. The Labute approximate surface area is 156 Å². The van der Waals surface area contributed by atoms with Crippen LogP contribution in [0.15, 0.2) is 53.5 Å². The minimum absolute atomic E-state index is 0.178. The molecule has 0 amide bonds. The van der Waals surface area contributed by atoms with Crippen LogP contribution in [0.1, 0.15) is 24.0 Å². The molecule has 27 heavy (non-hydrogen) atoms. The van der Waals surface area contributed by atoms with Gasteiger partial charge in [-0.15, -0.1) is 0 Å². The molecule has 0 saturated heterocycles. The molecule has 5 heteroatoms.